The Bertz CT molecular complexity index is 254. The molecule has 1 aromatic heterocycles. The predicted octanol–water partition coefficient (Wildman–Crippen LogP) is 2.58. The van der Waals surface area contributed by atoms with Gasteiger partial charge >= 0.3 is 0 Å². The topological polar surface area (TPSA) is 21.3 Å². The highest BCUT2D eigenvalue weighted by Crippen LogP contribution is 2.29. The van der Waals surface area contributed by atoms with Crippen LogP contribution in [0.4, 0.5) is 0 Å². The summed E-state index contributed by atoms with van der Waals surface area (Å²) in [7, 11) is 0. The molecule has 1 saturated heterocycles. The Kier molecular flexibility index (Phi) is 3.56. The zero-order valence-corrected chi connectivity index (χ0v) is 9.35. The summed E-state index contributed by atoms with van der Waals surface area (Å²) in [6, 6.07) is 4.71. The van der Waals surface area contributed by atoms with Crippen LogP contribution in [0.5, 0.6) is 0 Å². The molecule has 0 saturated carbocycles. The van der Waals surface area contributed by atoms with Crippen molar-refractivity contribution in [3.63, 3.8) is 0 Å². The molecule has 1 aromatic rings. The van der Waals surface area contributed by atoms with Gasteiger partial charge in [0.2, 0.25) is 0 Å². The predicted molar refractivity (Wildman–Crippen MR) is 59.7 cm³/mol. The van der Waals surface area contributed by atoms with Crippen LogP contribution in [0.2, 0.25) is 0 Å². The van der Waals surface area contributed by atoms with Crippen LogP contribution in [0.15, 0.2) is 17.5 Å². The third-order valence-corrected chi connectivity index (χ3v) is 3.57. The third-order valence-electron chi connectivity index (χ3n) is 2.61. The van der Waals surface area contributed by atoms with Gasteiger partial charge in [0, 0.05) is 11.5 Å². The van der Waals surface area contributed by atoms with E-state index in [1.54, 1.807) is 0 Å². The van der Waals surface area contributed by atoms with Crippen molar-refractivity contribution in [1.29, 1.82) is 0 Å². The fourth-order valence-electron chi connectivity index (χ4n) is 1.97. The highest BCUT2D eigenvalue weighted by Gasteiger charge is 2.26. The van der Waals surface area contributed by atoms with Gasteiger partial charge in [-0.05, 0) is 30.8 Å². The van der Waals surface area contributed by atoms with Gasteiger partial charge in [-0.25, -0.2) is 0 Å². The first-order valence-electron chi connectivity index (χ1n) is 5.30. The molecule has 0 amide bonds. The van der Waals surface area contributed by atoms with Gasteiger partial charge in [-0.15, -0.1) is 11.3 Å². The molecule has 1 N–H and O–H groups in total. The molecule has 0 aromatic carbocycles. The van der Waals surface area contributed by atoms with Gasteiger partial charge < -0.3 is 10.1 Å². The number of likely N-dealkylation sites (N-methyl/N-ethyl adjacent to an activating group) is 1. The van der Waals surface area contributed by atoms with Gasteiger partial charge in [0.25, 0.3) is 0 Å². The van der Waals surface area contributed by atoms with Crippen molar-refractivity contribution in [2.45, 2.75) is 31.9 Å². The first-order chi connectivity index (χ1) is 6.92. The Morgan fingerprint density at radius 3 is 3.21 bits per heavy atom. The average Bonchev–Trinajstić information content (AvgIpc) is 2.87. The summed E-state index contributed by atoms with van der Waals surface area (Å²) >= 11 is 1.82. The van der Waals surface area contributed by atoms with Gasteiger partial charge in [0.1, 0.15) is 0 Å². The van der Waals surface area contributed by atoms with Crippen LogP contribution >= 0.6 is 11.3 Å². The lowest BCUT2D eigenvalue weighted by molar-refractivity contribution is 0.0798. The van der Waals surface area contributed by atoms with Crippen molar-refractivity contribution in [3.05, 3.63) is 22.4 Å². The summed E-state index contributed by atoms with van der Waals surface area (Å²) in [5.74, 6) is 0. The molecule has 0 radical (unpaired) electrons. The quantitative estimate of drug-likeness (QED) is 0.826. The molecule has 1 aliphatic rings. The smallest absolute Gasteiger partial charge is 0.0778 e. The van der Waals surface area contributed by atoms with Gasteiger partial charge in [-0.2, -0.15) is 0 Å². The van der Waals surface area contributed by atoms with Crippen LogP contribution in [-0.4, -0.2) is 19.3 Å². The van der Waals surface area contributed by atoms with E-state index in [0.29, 0.717) is 12.1 Å². The summed E-state index contributed by atoms with van der Waals surface area (Å²) in [6.07, 6.45) is 2.78. The molecule has 0 spiro atoms. The fourth-order valence-corrected chi connectivity index (χ4v) is 2.82. The molecular weight excluding hydrogens is 194 g/mol. The van der Waals surface area contributed by atoms with E-state index in [2.05, 4.69) is 29.8 Å². The molecular formula is C11H17NOS. The highest BCUT2D eigenvalue weighted by atomic mass is 32.1. The first-order valence-corrected chi connectivity index (χ1v) is 6.18. The molecule has 2 nitrogen and oxygen atoms in total. The van der Waals surface area contributed by atoms with E-state index in [1.807, 2.05) is 11.3 Å². The lowest BCUT2D eigenvalue weighted by Gasteiger charge is -2.22. The Morgan fingerprint density at radius 2 is 2.64 bits per heavy atom. The van der Waals surface area contributed by atoms with E-state index >= 15 is 0 Å². The largest absolute Gasteiger partial charge is 0.376 e. The zero-order valence-electron chi connectivity index (χ0n) is 8.53. The number of rotatable bonds is 4. The van der Waals surface area contributed by atoms with E-state index in [1.165, 1.54) is 17.7 Å². The lowest BCUT2D eigenvalue weighted by atomic mass is 10.1. The number of hydrogen-bond acceptors (Lipinski definition) is 3. The maximum Gasteiger partial charge on any atom is 0.0778 e. The minimum atomic E-state index is 0.383. The van der Waals surface area contributed by atoms with Gasteiger partial charge in [-0.3, -0.25) is 0 Å². The third kappa shape index (κ3) is 2.16. The molecule has 2 rings (SSSR count). The number of ether oxygens (including phenoxy) is 1. The summed E-state index contributed by atoms with van der Waals surface area (Å²) in [6.45, 7) is 4.08. The Balaban J connectivity index is 2.06. The molecule has 14 heavy (non-hydrogen) atoms. The molecule has 1 aliphatic heterocycles. The molecule has 2 atom stereocenters. The van der Waals surface area contributed by atoms with Crippen LogP contribution < -0.4 is 5.32 Å². The Morgan fingerprint density at radius 1 is 1.71 bits per heavy atom. The zero-order chi connectivity index (χ0) is 9.80. The van der Waals surface area contributed by atoms with Crippen molar-refractivity contribution < 1.29 is 4.74 Å². The van der Waals surface area contributed by atoms with Crippen molar-refractivity contribution in [2.24, 2.45) is 0 Å². The van der Waals surface area contributed by atoms with Crippen molar-refractivity contribution >= 4 is 11.3 Å². The van der Waals surface area contributed by atoms with Crippen LogP contribution in [0.25, 0.3) is 0 Å². The molecule has 2 unspecified atom stereocenters. The molecule has 1 fully saturated rings. The van der Waals surface area contributed by atoms with Crippen LogP contribution in [-0.2, 0) is 4.74 Å². The average molecular weight is 211 g/mol. The van der Waals surface area contributed by atoms with Crippen molar-refractivity contribution in [2.75, 3.05) is 13.2 Å². The second kappa shape index (κ2) is 4.91. The lowest BCUT2D eigenvalue weighted by Crippen LogP contribution is -2.30. The molecule has 78 valence electrons. The first kappa shape index (κ1) is 10.1. The number of hydrogen-bond donors (Lipinski definition) is 1. The fraction of sp³-hybridized carbons (Fsp3) is 0.636. The van der Waals surface area contributed by atoms with E-state index in [0.717, 1.165) is 13.2 Å². The Labute approximate surface area is 89.3 Å². The second-order valence-corrected chi connectivity index (χ2v) is 4.58. The summed E-state index contributed by atoms with van der Waals surface area (Å²) < 4.78 is 5.74. The maximum atomic E-state index is 5.74. The van der Waals surface area contributed by atoms with E-state index in [-0.39, 0.29) is 0 Å². The standard InChI is InChI=1S/C11H17NOS/c1-2-12-11(9-5-3-7-13-9)10-6-4-8-14-10/h4,6,8-9,11-12H,2-3,5,7H2,1H3. The molecule has 0 bridgehead atoms. The SMILES string of the molecule is CCNC(c1cccs1)C1CCCO1. The van der Waals surface area contributed by atoms with E-state index in [4.69, 9.17) is 4.74 Å². The van der Waals surface area contributed by atoms with Crippen molar-refractivity contribution in [1.82, 2.24) is 5.32 Å². The Hall–Kier alpha value is -0.380. The van der Waals surface area contributed by atoms with Crippen LogP contribution in [0.1, 0.15) is 30.7 Å². The molecule has 2 heterocycles. The monoisotopic (exact) mass is 211 g/mol. The maximum absolute atomic E-state index is 5.74. The minimum absolute atomic E-state index is 0.383. The second-order valence-electron chi connectivity index (χ2n) is 3.60. The van der Waals surface area contributed by atoms with Gasteiger partial charge in [0.05, 0.1) is 12.1 Å². The van der Waals surface area contributed by atoms with Crippen molar-refractivity contribution in [3.8, 4) is 0 Å². The highest BCUT2D eigenvalue weighted by molar-refractivity contribution is 7.10. The summed E-state index contributed by atoms with van der Waals surface area (Å²) in [4.78, 5) is 1.40. The van der Waals surface area contributed by atoms with Gasteiger partial charge in [-0.1, -0.05) is 13.0 Å². The summed E-state index contributed by atoms with van der Waals surface area (Å²) in [5.41, 5.74) is 0. The number of nitrogens with one attached hydrogen (secondary N) is 1. The van der Waals surface area contributed by atoms with E-state index < -0.39 is 0 Å². The summed E-state index contributed by atoms with van der Waals surface area (Å²) in [5, 5.41) is 5.65. The number of thiophene rings is 1. The van der Waals surface area contributed by atoms with Crippen LogP contribution in [0.3, 0.4) is 0 Å². The van der Waals surface area contributed by atoms with Gasteiger partial charge in [0.15, 0.2) is 0 Å². The van der Waals surface area contributed by atoms with E-state index in [9.17, 15) is 0 Å². The molecule has 0 aliphatic carbocycles. The molecule has 3 heteroatoms. The normalized spacial score (nSPS) is 23.9. The minimum Gasteiger partial charge on any atom is -0.376 e. The van der Waals surface area contributed by atoms with Crippen LogP contribution in [0, 0.1) is 0 Å².